The molecule has 7 nitrogen and oxygen atoms in total. The number of fused-ring (bicyclic) bond motifs is 1. The summed E-state index contributed by atoms with van der Waals surface area (Å²) in [6.07, 6.45) is -0.627. The highest BCUT2D eigenvalue weighted by atomic mass is 28.4. The second-order valence-electron chi connectivity index (χ2n) is 14.6. The van der Waals surface area contributed by atoms with Gasteiger partial charge in [-0.1, -0.05) is 102 Å². The molecule has 2 heterocycles. The first-order chi connectivity index (χ1) is 21.2. The van der Waals surface area contributed by atoms with Crippen LogP contribution in [0.5, 0.6) is 17.2 Å². The largest absolute Gasteiger partial charge is 0.496 e. The van der Waals surface area contributed by atoms with Gasteiger partial charge in [0, 0.05) is 24.2 Å². The van der Waals surface area contributed by atoms with Crippen LogP contribution in [0.2, 0.25) is 23.2 Å². The van der Waals surface area contributed by atoms with Crippen molar-refractivity contribution in [3.63, 3.8) is 0 Å². The molecule has 3 atom stereocenters. The van der Waals surface area contributed by atoms with Crippen LogP contribution in [0.1, 0.15) is 53.2 Å². The molecule has 0 unspecified atom stereocenters. The summed E-state index contributed by atoms with van der Waals surface area (Å²) >= 11 is 0. The lowest BCUT2D eigenvalue weighted by Gasteiger charge is -2.44. The molecule has 2 aliphatic heterocycles. The third-order valence-electron chi connectivity index (χ3n) is 9.74. The molecule has 1 saturated heterocycles. The Kier molecular flexibility index (Phi) is 9.30. The van der Waals surface area contributed by atoms with Crippen LogP contribution in [0, 0.1) is 11.8 Å². The molecule has 3 aromatic rings. The summed E-state index contributed by atoms with van der Waals surface area (Å²) in [5.74, 6) is 0.683. The molecule has 3 aromatic carbocycles. The van der Waals surface area contributed by atoms with Crippen molar-refractivity contribution in [2.45, 2.75) is 70.8 Å². The summed E-state index contributed by atoms with van der Waals surface area (Å²) in [4.78, 5) is 13.8. The summed E-state index contributed by atoms with van der Waals surface area (Å²) in [5.41, 5.74) is 0.755. The van der Waals surface area contributed by atoms with E-state index < -0.39 is 28.7 Å². The molecule has 0 aromatic heterocycles. The standard InChI is InChI=1S/C36H48O7Si2/c1-35(2,3)44(8,9)43-33(28-20-30-31(41-24-40-30)21-29(28)38-7)32-25(22-39-34(32)37)23-42-45(36(4,5)6,26-16-12-10-13-17-26)27-18-14-11-15-19-27/h10-21,25,32-33H,22-24H2,1-9H3/t25-,32+,33-/m1/s1. The number of methoxy groups -OCH3 is 1. The summed E-state index contributed by atoms with van der Waals surface area (Å²) < 4.78 is 37.6. The van der Waals surface area contributed by atoms with E-state index in [4.69, 9.17) is 27.8 Å². The van der Waals surface area contributed by atoms with Crippen molar-refractivity contribution < 1.29 is 32.6 Å². The topological polar surface area (TPSA) is 72.5 Å². The number of esters is 1. The molecule has 1 fully saturated rings. The zero-order valence-electron chi connectivity index (χ0n) is 28.1. The Morgan fingerprint density at radius 2 is 1.38 bits per heavy atom. The van der Waals surface area contributed by atoms with E-state index in [1.54, 1.807) is 7.11 Å². The molecule has 0 saturated carbocycles. The first-order valence-corrected chi connectivity index (χ1v) is 20.6. The summed E-state index contributed by atoms with van der Waals surface area (Å²) in [7, 11) is -3.63. The van der Waals surface area contributed by atoms with E-state index in [0.717, 1.165) is 5.56 Å². The Bertz CT molecular complexity index is 1440. The van der Waals surface area contributed by atoms with Crippen molar-refractivity contribution >= 4 is 33.0 Å². The highest BCUT2D eigenvalue weighted by Gasteiger charge is 2.53. The number of carbonyl (C=O) groups is 1. The van der Waals surface area contributed by atoms with Crippen LogP contribution in [0.3, 0.4) is 0 Å². The molecular formula is C36H48O7Si2. The van der Waals surface area contributed by atoms with E-state index in [1.807, 2.05) is 24.3 Å². The number of hydrogen-bond acceptors (Lipinski definition) is 7. The van der Waals surface area contributed by atoms with Gasteiger partial charge in [0.05, 0.1) is 25.7 Å². The van der Waals surface area contributed by atoms with Crippen molar-refractivity contribution in [2.24, 2.45) is 11.8 Å². The predicted molar refractivity (Wildman–Crippen MR) is 182 cm³/mol. The second kappa shape index (κ2) is 12.6. The minimum atomic E-state index is -2.85. The van der Waals surface area contributed by atoms with E-state index in [-0.39, 0.29) is 35.4 Å². The molecular weight excluding hydrogens is 601 g/mol. The van der Waals surface area contributed by atoms with Crippen molar-refractivity contribution in [1.82, 2.24) is 0 Å². The van der Waals surface area contributed by atoms with Gasteiger partial charge in [-0.05, 0) is 39.6 Å². The van der Waals surface area contributed by atoms with Gasteiger partial charge in [-0.3, -0.25) is 4.79 Å². The number of cyclic esters (lactones) is 1. The van der Waals surface area contributed by atoms with E-state index >= 15 is 0 Å². The SMILES string of the molecule is COc1cc2c(cc1[C@@H](O[Si](C)(C)C(C)(C)C)[C@H]1C(=O)OC[C@@H]1CO[Si](c1ccccc1)(c1ccccc1)C(C)(C)C)OCO2. The van der Waals surface area contributed by atoms with Crippen LogP contribution in [-0.2, 0) is 18.4 Å². The van der Waals surface area contributed by atoms with Gasteiger partial charge < -0.3 is 27.8 Å². The summed E-state index contributed by atoms with van der Waals surface area (Å²) in [6, 6.07) is 24.8. The van der Waals surface area contributed by atoms with E-state index in [2.05, 4.69) is 103 Å². The van der Waals surface area contributed by atoms with E-state index in [0.29, 0.717) is 23.9 Å². The number of hydrogen-bond donors (Lipinski definition) is 0. The molecule has 242 valence electrons. The zero-order valence-corrected chi connectivity index (χ0v) is 30.1. The Balaban J connectivity index is 1.59. The number of benzene rings is 3. The highest BCUT2D eigenvalue weighted by Crippen LogP contribution is 2.50. The van der Waals surface area contributed by atoms with Gasteiger partial charge in [-0.25, -0.2) is 0 Å². The number of carbonyl (C=O) groups excluding carboxylic acids is 1. The van der Waals surface area contributed by atoms with Crippen LogP contribution in [-0.4, -0.2) is 49.7 Å². The zero-order chi connectivity index (χ0) is 32.6. The van der Waals surface area contributed by atoms with Crippen molar-refractivity contribution in [2.75, 3.05) is 27.1 Å². The van der Waals surface area contributed by atoms with Crippen LogP contribution < -0.4 is 24.6 Å². The fraction of sp³-hybridized carbons (Fsp3) is 0.472. The molecule has 9 heteroatoms. The Morgan fingerprint density at radius 3 is 1.89 bits per heavy atom. The fourth-order valence-electron chi connectivity index (χ4n) is 6.26. The van der Waals surface area contributed by atoms with Crippen LogP contribution in [0.4, 0.5) is 0 Å². The number of rotatable bonds is 10. The van der Waals surface area contributed by atoms with Gasteiger partial charge in [0.15, 0.2) is 19.8 Å². The molecule has 0 amide bonds. The minimum absolute atomic E-state index is 0.0990. The molecule has 5 rings (SSSR count). The lowest BCUT2D eigenvalue weighted by molar-refractivity contribution is -0.144. The van der Waals surface area contributed by atoms with Gasteiger partial charge in [-0.2, -0.15) is 0 Å². The Morgan fingerprint density at radius 1 is 0.822 bits per heavy atom. The molecule has 45 heavy (non-hydrogen) atoms. The van der Waals surface area contributed by atoms with Crippen molar-refractivity contribution in [3.05, 3.63) is 78.4 Å². The average molecular weight is 649 g/mol. The van der Waals surface area contributed by atoms with E-state index in [9.17, 15) is 4.79 Å². The van der Waals surface area contributed by atoms with Crippen molar-refractivity contribution in [1.29, 1.82) is 0 Å². The van der Waals surface area contributed by atoms with Crippen LogP contribution >= 0.6 is 0 Å². The van der Waals surface area contributed by atoms with Crippen LogP contribution in [0.25, 0.3) is 0 Å². The van der Waals surface area contributed by atoms with Crippen LogP contribution in [0.15, 0.2) is 72.8 Å². The highest BCUT2D eigenvalue weighted by molar-refractivity contribution is 6.99. The monoisotopic (exact) mass is 648 g/mol. The maximum absolute atomic E-state index is 13.8. The maximum Gasteiger partial charge on any atom is 0.312 e. The average Bonchev–Trinajstić information content (AvgIpc) is 3.61. The lowest BCUT2D eigenvalue weighted by Crippen LogP contribution is -2.67. The molecule has 2 aliphatic rings. The summed E-state index contributed by atoms with van der Waals surface area (Å²) in [6.45, 7) is 18.5. The minimum Gasteiger partial charge on any atom is -0.496 e. The Hall–Kier alpha value is -3.12. The van der Waals surface area contributed by atoms with Gasteiger partial charge >= 0.3 is 5.97 Å². The second-order valence-corrected chi connectivity index (χ2v) is 23.7. The van der Waals surface area contributed by atoms with Gasteiger partial charge in [0.2, 0.25) is 6.79 Å². The first kappa shape index (κ1) is 33.3. The van der Waals surface area contributed by atoms with Gasteiger partial charge in [-0.15, -0.1) is 0 Å². The van der Waals surface area contributed by atoms with Crippen molar-refractivity contribution in [3.8, 4) is 17.2 Å². The molecule has 0 N–H and O–H groups in total. The molecule has 0 radical (unpaired) electrons. The predicted octanol–water partition coefficient (Wildman–Crippen LogP) is 6.85. The third kappa shape index (κ3) is 6.32. The number of ether oxygens (including phenoxy) is 4. The van der Waals surface area contributed by atoms with Gasteiger partial charge in [0.1, 0.15) is 5.75 Å². The third-order valence-corrected chi connectivity index (χ3v) is 19.2. The lowest BCUT2D eigenvalue weighted by atomic mass is 9.86. The Labute approximate surface area is 270 Å². The molecule has 0 bridgehead atoms. The first-order valence-electron chi connectivity index (χ1n) is 15.8. The quantitative estimate of drug-likeness (QED) is 0.176. The smallest absolute Gasteiger partial charge is 0.312 e. The normalized spacial score (nSPS) is 19.4. The maximum atomic E-state index is 13.8. The molecule has 0 aliphatic carbocycles. The fourth-order valence-corrected chi connectivity index (χ4v) is 12.1. The van der Waals surface area contributed by atoms with E-state index in [1.165, 1.54) is 10.4 Å². The molecule has 0 spiro atoms. The van der Waals surface area contributed by atoms with Gasteiger partial charge in [0.25, 0.3) is 8.32 Å². The summed E-state index contributed by atoms with van der Waals surface area (Å²) in [5, 5.41) is 2.08.